The first-order valence-electron chi connectivity index (χ1n) is 10.6. The fourth-order valence-electron chi connectivity index (χ4n) is 4.15. The van der Waals surface area contributed by atoms with Gasteiger partial charge in [0.2, 0.25) is 0 Å². The summed E-state index contributed by atoms with van der Waals surface area (Å²) in [6.45, 7) is 3.36. The van der Waals surface area contributed by atoms with Crippen molar-refractivity contribution in [1.29, 1.82) is 0 Å². The Labute approximate surface area is 182 Å². The Hall–Kier alpha value is -3.18. The zero-order chi connectivity index (χ0) is 21.6. The summed E-state index contributed by atoms with van der Waals surface area (Å²) in [5, 5.41) is 0. The van der Waals surface area contributed by atoms with Crippen LogP contribution in [0.15, 0.2) is 78.9 Å². The minimum absolute atomic E-state index is 0.0196. The maximum Gasteiger partial charge on any atom is 0.164 e. The van der Waals surface area contributed by atoms with Crippen molar-refractivity contribution >= 4 is 11.5 Å². The minimum atomic E-state index is -0.219. The Morgan fingerprint density at radius 3 is 2.16 bits per heavy atom. The van der Waals surface area contributed by atoms with Crippen LogP contribution in [-0.2, 0) is 0 Å². The van der Waals surface area contributed by atoms with Crippen LogP contribution >= 0.6 is 0 Å². The maximum absolute atomic E-state index is 13.2. The van der Waals surface area contributed by atoms with Crippen LogP contribution in [0, 0.1) is 5.82 Å². The topological polar surface area (TPSA) is 32.8 Å². The molecule has 1 heterocycles. The molecule has 0 bridgehead atoms. The van der Waals surface area contributed by atoms with E-state index in [2.05, 4.69) is 21.9 Å². The number of rotatable bonds is 7. The summed E-state index contributed by atoms with van der Waals surface area (Å²) < 4.78 is 18.5. The molecule has 1 saturated heterocycles. The van der Waals surface area contributed by atoms with Gasteiger partial charge in [0.1, 0.15) is 11.6 Å². The molecule has 4 nitrogen and oxygen atoms in total. The first-order valence-corrected chi connectivity index (χ1v) is 10.6. The van der Waals surface area contributed by atoms with Crippen molar-refractivity contribution in [3.05, 3.63) is 95.8 Å². The smallest absolute Gasteiger partial charge is 0.164 e. The summed E-state index contributed by atoms with van der Waals surface area (Å²) in [6, 6.07) is 24.2. The molecule has 3 aromatic carbocycles. The molecule has 3 aromatic rings. The van der Waals surface area contributed by atoms with Gasteiger partial charge in [-0.3, -0.25) is 9.69 Å². The molecule has 0 saturated carbocycles. The molecule has 0 aromatic heterocycles. The van der Waals surface area contributed by atoms with E-state index in [1.54, 1.807) is 7.11 Å². The number of carbonyl (C=O) groups excluding carboxylic acids is 1. The van der Waals surface area contributed by atoms with Gasteiger partial charge >= 0.3 is 0 Å². The summed E-state index contributed by atoms with van der Waals surface area (Å²) in [6.07, 6.45) is 0.424. The number of hydrogen-bond donors (Lipinski definition) is 0. The average molecular weight is 419 g/mol. The zero-order valence-electron chi connectivity index (χ0n) is 17.7. The van der Waals surface area contributed by atoms with Crippen LogP contribution in [0.1, 0.15) is 28.4 Å². The van der Waals surface area contributed by atoms with Gasteiger partial charge in [0, 0.05) is 49.9 Å². The van der Waals surface area contributed by atoms with Gasteiger partial charge in [-0.05, 0) is 54.1 Å². The highest BCUT2D eigenvalue weighted by Gasteiger charge is 2.27. The standard InChI is InChI=1S/C26H27FN2O2/c1-31-24-13-7-21(8-14-24)26(30)19-25(20-5-3-2-4-6-20)29-17-15-28(16-18-29)23-11-9-22(27)10-12-23/h2-14,25H,15-19H2,1H3. The Bertz CT molecular complexity index is 982. The third-order valence-corrected chi connectivity index (χ3v) is 5.92. The number of anilines is 1. The minimum Gasteiger partial charge on any atom is -0.497 e. The van der Waals surface area contributed by atoms with Gasteiger partial charge in [-0.25, -0.2) is 4.39 Å². The van der Waals surface area contributed by atoms with E-state index in [4.69, 9.17) is 4.74 Å². The number of ether oxygens (including phenoxy) is 1. The van der Waals surface area contributed by atoms with Gasteiger partial charge in [0.25, 0.3) is 0 Å². The van der Waals surface area contributed by atoms with Gasteiger partial charge < -0.3 is 9.64 Å². The van der Waals surface area contributed by atoms with E-state index in [1.165, 1.54) is 12.1 Å². The molecule has 0 N–H and O–H groups in total. The highest BCUT2D eigenvalue weighted by atomic mass is 19.1. The normalized spacial score (nSPS) is 15.5. The molecular weight excluding hydrogens is 391 g/mol. The lowest BCUT2D eigenvalue weighted by atomic mass is 9.96. The van der Waals surface area contributed by atoms with E-state index in [0.717, 1.165) is 43.2 Å². The molecule has 5 heteroatoms. The molecule has 31 heavy (non-hydrogen) atoms. The van der Waals surface area contributed by atoms with E-state index in [-0.39, 0.29) is 17.6 Å². The highest BCUT2D eigenvalue weighted by molar-refractivity contribution is 5.96. The summed E-state index contributed by atoms with van der Waals surface area (Å²) in [7, 11) is 1.62. The second kappa shape index (κ2) is 9.75. The number of nitrogens with zero attached hydrogens (tertiary/aromatic N) is 2. The van der Waals surface area contributed by atoms with Crippen molar-refractivity contribution in [3.8, 4) is 5.75 Å². The number of piperazine rings is 1. The van der Waals surface area contributed by atoms with Crippen LogP contribution in [0.25, 0.3) is 0 Å². The first kappa shape index (κ1) is 21.1. The molecule has 160 valence electrons. The second-order valence-electron chi connectivity index (χ2n) is 7.78. The van der Waals surface area contributed by atoms with Gasteiger partial charge in [-0.15, -0.1) is 0 Å². The van der Waals surface area contributed by atoms with E-state index >= 15 is 0 Å². The molecule has 1 aliphatic heterocycles. The summed E-state index contributed by atoms with van der Waals surface area (Å²) in [5.74, 6) is 0.647. The van der Waals surface area contributed by atoms with Gasteiger partial charge in [-0.2, -0.15) is 0 Å². The van der Waals surface area contributed by atoms with Crippen LogP contribution in [0.5, 0.6) is 5.75 Å². The Balaban J connectivity index is 1.48. The first-order chi connectivity index (χ1) is 15.1. The van der Waals surface area contributed by atoms with E-state index in [0.29, 0.717) is 12.0 Å². The van der Waals surface area contributed by atoms with Crippen molar-refractivity contribution < 1.29 is 13.9 Å². The number of ketones is 1. The summed E-state index contributed by atoms with van der Waals surface area (Å²) in [5.41, 5.74) is 2.89. The Morgan fingerprint density at radius 2 is 1.55 bits per heavy atom. The van der Waals surface area contributed by atoms with E-state index < -0.39 is 0 Å². The number of halogens is 1. The number of hydrogen-bond acceptors (Lipinski definition) is 4. The number of methoxy groups -OCH3 is 1. The van der Waals surface area contributed by atoms with Gasteiger partial charge in [0.05, 0.1) is 7.11 Å². The third kappa shape index (κ3) is 5.12. The largest absolute Gasteiger partial charge is 0.497 e. The number of carbonyl (C=O) groups is 1. The van der Waals surface area contributed by atoms with Crippen LogP contribution in [0.4, 0.5) is 10.1 Å². The zero-order valence-corrected chi connectivity index (χ0v) is 17.7. The van der Waals surface area contributed by atoms with Crippen LogP contribution in [0.3, 0.4) is 0 Å². The van der Waals surface area contributed by atoms with Crippen molar-refractivity contribution in [2.75, 3.05) is 38.2 Å². The van der Waals surface area contributed by atoms with E-state index in [9.17, 15) is 9.18 Å². The molecule has 1 fully saturated rings. The maximum atomic E-state index is 13.2. The highest BCUT2D eigenvalue weighted by Crippen LogP contribution is 2.29. The number of benzene rings is 3. The fourth-order valence-corrected chi connectivity index (χ4v) is 4.15. The van der Waals surface area contributed by atoms with Crippen molar-refractivity contribution in [2.45, 2.75) is 12.5 Å². The summed E-state index contributed by atoms with van der Waals surface area (Å²) in [4.78, 5) is 17.7. The van der Waals surface area contributed by atoms with E-state index in [1.807, 2.05) is 54.6 Å². The molecule has 1 aliphatic rings. The van der Waals surface area contributed by atoms with Gasteiger partial charge in [-0.1, -0.05) is 30.3 Å². The van der Waals surface area contributed by atoms with Crippen LogP contribution < -0.4 is 9.64 Å². The molecule has 0 amide bonds. The van der Waals surface area contributed by atoms with Crippen LogP contribution in [0.2, 0.25) is 0 Å². The predicted octanol–water partition coefficient (Wildman–Crippen LogP) is 4.97. The molecule has 0 spiro atoms. The fraction of sp³-hybridized carbons (Fsp3) is 0.269. The van der Waals surface area contributed by atoms with Gasteiger partial charge in [0.15, 0.2) is 5.78 Å². The second-order valence-corrected chi connectivity index (χ2v) is 7.78. The van der Waals surface area contributed by atoms with Crippen LogP contribution in [-0.4, -0.2) is 44.0 Å². The molecule has 0 aliphatic carbocycles. The molecule has 1 unspecified atom stereocenters. The molecular formula is C26H27FN2O2. The number of Topliss-reactive ketones (excluding diaryl/α,β-unsaturated/α-hetero) is 1. The SMILES string of the molecule is COc1ccc(C(=O)CC(c2ccccc2)N2CCN(c3ccc(F)cc3)CC2)cc1. The monoisotopic (exact) mass is 418 g/mol. The van der Waals surface area contributed by atoms with Crippen molar-refractivity contribution in [1.82, 2.24) is 4.90 Å². The molecule has 4 rings (SSSR count). The van der Waals surface area contributed by atoms with Crippen molar-refractivity contribution in [3.63, 3.8) is 0 Å². The predicted molar refractivity (Wildman–Crippen MR) is 121 cm³/mol. The lowest BCUT2D eigenvalue weighted by Crippen LogP contribution is -2.48. The lowest BCUT2D eigenvalue weighted by molar-refractivity contribution is 0.0910. The summed E-state index contributed by atoms with van der Waals surface area (Å²) >= 11 is 0. The molecule has 0 radical (unpaired) electrons. The molecule has 1 atom stereocenters. The Morgan fingerprint density at radius 1 is 0.903 bits per heavy atom. The Kier molecular flexibility index (Phi) is 6.63. The third-order valence-electron chi connectivity index (χ3n) is 5.92. The lowest BCUT2D eigenvalue weighted by Gasteiger charge is -2.40. The quantitative estimate of drug-likeness (QED) is 0.507. The average Bonchev–Trinajstić information content (AvgIpc) is 2.84. The van der Waals surface area contributed by atoms with Crippen molar-refractivity contribution in [2.24, 2.45) is 0 Å².